The molecule has 2 aromatic rings. The molecule has 2 heterocycles. The van der Waals surface area contributed by atoms with Gasteiger partial charge >= 0.3 is 0 Å². The Morgan fingerprint density at radius 2 is 1.85 bits per heavy atom. The Balaban J connectivity index is 1.24. The van der Waals surface area contributed by atoms with E-state index in [1.54, 1.807) is 12.1 Å². The van der Waals surface area contributed by atoms with Crippen LogP contribution in [-0.4, -0.2) is 36.0 Å². The van der Waals surface area contributed by atoms with Crippen LogP contribution >= 0.6 is 0 Å². The van der Waals surface area contributed by atoms with Crippen molar-refractivity contribution in [2.24, 2.45) is 10.2 Å². The van der Waals surface area contributed by atoms with E-state index in [9.17, 15) is 9.18 Å². The van der Waals surface area contributed by atoms with Crippen LogP contribution < -0.4 is 5.32 Å². The molecule has 2 aliphatic rings. The first-order chi connectivity index (χ1) is 13.1. The molecule has 1 saturated heterocycles. The van der Waals surface area contributed by atoms with Crippen LogP contribution in [0.25, 0.3) is 0 Å². The van der Waals surface area contributed by atoms with Crippen molar-refractivity contribution in [3.8, 4) is 0 Å². The van der Waals surface area contributed by atoms with Crippen molar-refractivity contribution in [1.82, 2.24) is 4.90 Å². The van der Waals surface area contributed by atoms with Crippen molar-refractivity contribution in [1.29, 1.82) is 0 Å². The van der Waals surface area contributed by atoms with E-state index in [0.29, 0.717) is 12.0 Å². The van der Waals surface area contributed by atoms with Gasteiger partial charge in [0.05, 0.1) is 5.69 Å². The lowest BCUT2D eigenvalue weighted by Crippen LogP contribution is -2.48. The summed E-state index contributed by atoms with van der Waals surface area (Å²) in [7, 11) is 0. The summed E-state index contributed by atoms with van der Waals surface area (Å²) in [6.07, 6.45) is 3.09. The van der Waals surface area contributed by atoms with Crippen molar-refractivity contribution < 1.29 is 9.18 Å². The number of nitrogens with zero attached hydrogens (tertiary/aromatic N) is 3. The van der Waals surface area contributed by atoms with Crippen molar-refractivity contribution >= 4 is 17.2 Å². The highest BCUT2D eigenvalue weighted by molar-refractivity contribution is 5.95. The number of benzene rings is 2. The summed E-state index contributed by atoms with van der Waals surface area (Å²) in [5, 5.41) is 12.5. The number of likely N-dealkylation sites (tertiary alicyclic amines) is 1. The molecule has 0 unspecified atom stereocenters. The maximum Gasteiger partial charge on any atom is 0.162 e. The molecule has 2 aromatic carbocycles. The second kappa shape index (κ2) is 7.56. The standard InChI is InChI=1S/C21H23FN4O/c22-17-9-7-16(8-10-17)20(27)6-3-13-26-14-11-21(12-15-26)23-18-4-1-2-5-19(18)24-25-21/h1-2,4-5,7-10,23H,3,6,11-15H2. The normalized spacial score (nSPS) is 18.1. The molecule has 140 valence electrons. The second-order valence-corrected chi connectivity index (χ2v) is 7.25. The molecule has 1 fully saturated rings. The van der Waals surface area contributed by atoms with Crippen molar-refractivity contribution in [3.05, 3.63) is 59.9 Å². The monoisotopic (exact) mass is 366 g/mol. The predicted molar refractivity (Wildman–Crippen MR) is 103 cm³/mol. The van der Waals surface area contributed by atoms with Gasteiger partial charge in [-0.05, 0) is 49.4 Å². The van der Waals surface area contributed by atoms with Crippen LogP contribution in [0.3, 0.4) is 0 Å². The second-order valence-electron chi connectivity index (χ2n) is 7.25. The lowest BCUT2D eigenvalue weighted by Gasteiger charge is -2.41. The van der Waals surface area contributed by atoms with Crippen LogP contribution in [-0.2, 0) is 0 Å². The van der Waals surface area contributed by atoms with Crippen molar-refractivity contribution in [3.63, 3.8) is 0 Å². The van der Waals surface area contributed by atoms with E-state index < -0.39 is 0 Å². The molecule has 1 spiro atoms. The summed E-state index contributed by atoms with van der Waals surface area (Å²) in [6.45, 7) is 2.74. The number of fused-ring (bicyclic) bond motifs is 1. The fourth-order valence-corrected chi connectivity index (χ4v) is 3.71. The van der Waals surface area contributed by atoms with Crippen LogP contribution in [0.15, 0.2) is 58.8 Å². The Bertz CT molecular complexity index is 842. The van der Waals surface area contributed by atoms with Crippen molar-refractivity contribution in [2.45, 2.75) is 31.3 Å². The number of carbonyl (C=O) groups excluding carboxylic acids is 1. The molecule has 4 rings (SSSR count). The quantitative estimate of drug-likeness (QED) is 0.774. The van der Waals surface area contributed by atoms with Gasteiger partial charge in [0.15, 0.2) is 11.4 Å². The molecule has 27 heavy (non-hydrogen) atoms. The Morgan fingerprint density at radius 3 is 2.63 bits per heavy atom. The van der Waals surface area contributed by atoms with E-state index >= 15 is 0 Å². The van der Waals surface area contributed by atoms with Gasteiger partial charge in [0, 0.05) is 37.9 Å². The number of anilines is 1. The Labute approximate surface area is 158 Å². The highest BCUT2D eigenvalue weighted by Crippen LogP contribution is 2.38. The van der Waals surface area contributed by atoms with E-state index in [1.807, 2.05) is 24.3 Å². The topological polar surface area (TPSA) is 57.1 Å². The molecule has 0 saturated carbocycles. The molecular weight excluding hydrogens is 343 g/mol. The van der Waals surface area contributed by atoms with Gasteiger partial charge in [-0.15, -0.1) is 0 Å². The smallest absolute Gasteiger partial charge is 0.162 e. The number of hydrogen-bond donors (Lipinski definition) is 1. The number of Topliss-reactive ketones (excluding diaryl/α,β-unsaturated/α-hetero) is 1. The minimum Gasteiger partial charge on any atom is -0.358 e. The number of para-hydroxylation sites is 1. The lowest BCUT2D eigenvalue weighted by molar-refractivity contribution is 0.0969. The fourth-order valence-electron chi connectivity index (χ4n) is 3.71. The zero-order valence-corrected chi connectivity index (χ0v) is 15.2. The zero-order chi connectivity index (χ0) is 18.7. The number of piperidine rings is 1. The lowest BCUT2D eigenvalue weighted by atomic mass is 9.96. The number of ketones is 1. The zero-order valence-electron chi connectivity index (χ0n) is 15.2. The van der Waals surface area contributed by atoms with Gasteiger partial charge in [-0.1, -0.05) is 12.1 Å². The SMILES string of the molecule is O=C(CCCN1CCC2(CC1)N=Nc1ccccc1N2)c1ccc(F)cc1. The van der Waals surface area contributed by atoms with Gasteiger partial charge in [-0.3, -0.25) is 4.79 Å². The summed E-state index contributed by atoms with van der Waals surface area (Å²) in [6, 6.07) is 13.8. The highest BCUT2D eigenvalue weighted by Gasteiger charge is 2.36. The third-order valence-corrected chi connectivity index (χ3v) is 5.35. The first-order valence-electron chi connectivity index (χ1n) is 9.45. The fraction of sp³-hybridized carbons (Fsp3) is 0.381. The molecule has 0 aliphatic carbocycles. The van der Waals surface area contributed by atoms with E-state index in [0.717, 1.165) is 50.3 Å². The average molecular weight is 366 g/mol. The summed E-state index contributed by atoms with van der Waals surface area (Å²) in [5.74, 6) is -0.243. The van der Waals surface area contributed by atoms with E-state index in [1.165, 1.54) is 12.1 Å². The highest BCUT2D eigenvalue weighted by atomic mass is 19.1. The molecule has 1 N–H and O–H groups in total. The summed E-state index contributed by atoms with van der Waals surface area (Å²) < 4.78 is 12.9. The van der Waals surface area contributed by atoms with Crippen molar-refractivity contribution in [2.75, 3.05) is 25.0 Å². The van der Waals surface area contributed by atoms with Gasteiger partial charge in [-0.2, -0.15) is 10.2 Å². The molecule has 0 radical (unpaired) electrons. The average Bonchev–Trinajstić information content (AvgIpc) is 2.70. The Kier molecular flexibility index (Phi) is 4.99. The number of rotatable bonds is 5. The van der Waals surface area contributed by atoms with Crippen LogP contribution in [0, 0.1) is 5.82 Å². The summed E-state index contributed by atoms with van der Waals surface area (Å²) >= 11 is 0. The summed E-state index contributed by atoms with van der Waals surface area (Å²) in [4.78, 5) is 14.6. The van der Waals surface area contributed by atoms with Gasteiger partial charge in [0.25, 0.3) is 0 Å². The predicted octanol–water partition coefficient (Wildman–Crippen LogP) is 4.79. The summed E-state index contributed by atoms with van der Waals surface area (Å²) in [5.41, 5.74) is 2.23. The molecule has 6 heteroatoms. The van der Waals surface area contributed by atoms with Gasteiger partial charge in [0.2, 0.25) is 0 Å². The molecule has 0 bridgehead atoms. The van der Waals surface area contributed by atoms with Crippen LogP contribution in [0.1, 0.15) is 36.0 Å². The van der Waals surface area contributed by atoms with E-state index in [2.05, 4.69) is 20.4 Å². The number of azo groups is 1. The third-order valence-electron chi connectivity index (χ3n) is 5.35. The first-order valence-corrected chi connectivity index (χ1v) is 9.45. The van der Waals surface area contributed by atoms with Crippen LogP contribution in [0.4, 0.5) is 15.8 Å². The van der Waals surface area contributed by atoms with Gasteiger partial charge in [-0.25, -0.2) is 4.39 Å². The maximum atomic E-state index is 12.9. The van der Waals surface area contributed by atoms with E-state index in [4.69, 9.17) is 0 Å². The Morgan fingerprint density at radius 1 is 1.11 bits per heavy atom. The van der Waals surface area contributed by atoms with Crippen LogP contribution in [0.5, 0.6) is 0 Å². The van der Waals surface area contributed by atoms with Crippen LogP contribution in [0.2, 0.25) is 0 Å². The third kappa shape index (κ3) is 4.06. The minimum atomic E-state index is -0.315. The molecule has 2 aliphatic heterocycles. The molecule has 5 nitrogen and oxygen atoms in total. The van der Waals surface area contributed by atoms with Gasteiger partial charge < -0.3 is 10.2 Å². The number of halogens is 1. The molecule has 0 aromatic heterocycles. The van der Waals surface area contributed by atoms with E-state index in [-0.39, 0.29) is 17.3 Å². The maximum absolute atomic E-state index is 12.9. The largest absolute Gasteiger partial charge is 0.358 e. The number of carbonyl (C=O) groups is 1. The van der Waals surface area contributed by atoms with Gasteiger partial charge in [0.1, 0.15) is 11.5 Å². The first kappa shape index (κ1) is 17.8. The molecular formula is C21H23FN4O. The Hall–Kier alpha value is -2.60. The minimum absolute atomic E-state index is 0.0721. The number of hydrogen-bond acceptors (Lipinski definition) is 5. The number of nitrogens with one attached hydrogen (secondary N) is 1. The molecule has 0 amide bonds. The molecule has 0 atom stereocenters.